The van der Waals surface area contributed by atoms with Gasteiger partial charge in [-0.25, -0.2) is 0 Å². The van der Waals surface area contributed by atoms with E-state index in [1.54, 1.807) is 25.3 Å². The van der Waals surface area contributed by atoms with E-state index in [1.165, 1.54) is 6.92 Å². The molecule has 1 aliphatic rings. The predicted octanol–water partition coefficient (Wildman–Crippen LogP) is 4.41. The monoisotopic (exact) mass is 366 g/mol. The second-order valence-corrected chi connectivity index (χ2v) is 6.90. The topological polar surface area (TPSA) is 58.6 Å². The van der Waals surface area contributed by atoms with Gasteiger partial charge in [-0.05, 0) is 48.7 Å². The molecule has 0 saturated carbocycles. The number of benzene rings is 2. The summed E-state index contributed by atoms with van der Waals surface area (Å²) in [7, 11) is 1.65. The number of nitrogens with zero attached hydrogens (tertiary/aromatic N) is 1. The third-order valence-electron chi connectivity index (χ3n) is 4.94. The first kappa shape index (κ1) is 19.0. The quantitative estimate of drug-likeness (QED) is 0.872. The Labute approximate surface area is 160 Å². The highest BCUT2D eigenvalue weighted by atomic mass is 16.5. The van der Waals surface area contributed by atoms with Crippen molar-refractivity contribution in [2.24, 2.45) is 0 Å². The van der Waals surface area contributed by atoms with Gasteiger partial charge < -0.3 is 15.0 Å². The highest BCUT2D eigenvalue weighted by Crippen LogP contribution is 2.32. The lowest BCUT2D eigenvalue weighted by Gasteiger charge is -2.31. The fourth-order valence-corrected chi connectivity index (χ4v) is 3.62. The second kappa shape index (κ2) is 8.71. The summed E-state index contributed by atoms with van der Waals surface area (Å²) in [5.41, 5.74) is 2.37. The van der Waals surface area contributed by atoms with Crippen LogP contribution in [-0.2, 0) is 4.79 Å². The molecule has 2 aromatic rings. The van der Waals surface area contributed by atoms with E-state index in [0.717, 1.165) is 43.5 Å². The Hall–Kier alpha value is -2.82. The Morgan fingerprint density at radius 2 is 1.85 bits per heavy atom. The summed E-state index contributed by atoms with van der Waals surface area (Å²) in [6, 6.07) is 15.2. The van der Waals surface area contributed by atoms with Crippen molar-refractivity contribution in [3.8, 4) is 5.75 Å². The summed E-state index contributed by atoms with van der Waals surface area (Å²) in [4.78, 5) is 26.6. The Balaban J connectivity index is 1.88. The molecule has 5 heteroatoms. The minimum absolute atomic E-state index is 0.00456. The van der Waals surface area contributed by atoms with E-state index in [2.05, 4.69) is 5.32 Å². The molecule has 1 atom stereocenters. The molecule has 1 heterocycles. The van der Waals surface area contributed by atoms with Crippen LogP contribution in [0, 0.1) is 0 Å². The van der Waals surface area contributed by atoms with Gasteiger partial charge in [-0.2, -0.15) is 0 Å². The van der Waals surface area contributed by atoms with Crippen molar-refractivity contribution < 1.29 is 14.3 Å². The Morgan fingerprint density at radius 3 is 2.56 bits per heavy atom. The minimum Gasteiger partial charge on any atom is -0.497 e. The lowest BCUT2D eigenvalue weighted by molar-refractivity contribution is -0.114. The summed E-state index contributed by atoms with van der Waals surface area (Å²) >= 11 is 0. The van der Waals surface area contributed by atoms with Gasteiger partial charge in [0.05, 0.1) is 13.2 Å². The lowest BCUT2D eigenvalue weighted by Crippen LogP contribution is -2.34. The third-order valence-corrected chi connectivity index (χ3v) is 4.94. The highest BCUT2D eigenvalue weighted by Gasteiger charge is 2.27. The zero-order valence-electron chi connectivity index (χ0n) is 15.9. The predicted molar refractivity (Wildman–Crippen MR) is 106 cm³/mol. The number of ether oxygens (including phenoxy) is 1. The van der Waals surface area contributed by atoms with E-state index < -0.39 is 0 Å². The van der Waals surface area contributed by atoms with Crippen molar-refractivity contribution in [1.29, 1.82) is 0 Å². The standard InChI is InChI=1S/C22H26N2O3/c1-16(25)23-19-8-6-7-18(15-19)22(26)24-14-5-3-4-9-21(24)17-10-12-20(27-2)13-11-17/h6-8,10-13,15,21H,3-5,9,14H2,1-2H3,(H,23,25). The summed E-state index contributed by atoms with van der Waals surface area (Å²) in [5, 5.41) is 2.75. The highest BCUT2D eigenvalue weighted by molar-refractivity contribution is 5.97. The van der Waals surface area contributed by atoms with Gasteiger partial charge in [-0.15, -0.1) is 0 Å². The zero-order valence-corrected chi connectivity index (χ0v) is 15.9. The van der Waals surface area contributed by atoms with Crippen LogP contribution in [0.25, 0.3) is 0 Å². The molecule has 142 valence electrons. The fourth-order valence-electron chi connectivity index (χ4n) is 3.62. The number of rotatable bonds is 4. The zero-order chi connectivity index (χ0) is 19.2. The van der Waals surface area contributed by atoms with Gasteiger partial charge in [0, 0.05) is 24.7 Å². The van der Waals surface area contributed by atoms with Gasteiger partial charge in [0.2, 0.25) is 5.91 Å². The van der Waals surface area contributed by atoms with Crippen LogP contribution in [0.5, 0.6) is 5.75 Å². The first-order valence-corrected chi connectivity index (χ1v) is 9.41. The Morgan fingerprint density at radius 1 is 1.07 bits per heavy atom. The lowest BCUT2D eigenvalue weighted by atomic mass is 10.00. The maximum Gasteiger partial charge on any atom is 0.254 e. The van der Waals surface area contributed by atoms with Crippen molar-refractivity contribution in [3.05, 3.63) is 59.7 Å². The van der Waals surface area contributed by atoms with E-state index in [-0.39, 0.29) is 17.9 Å². The molecule has 1 fully saturated rings. The number of carbonyl (C=O) groups excluding carboxylic acids is 2. The van der Waals surface area contributed by atoms with Crippen LogP contribution in [0.1, 0.15) is 54.6 Å². The van der Waals surface area contributed by atoms with Crippen molar-refractivity contribution in [2.45, 2.75) is 38.6 Å². The molecule has 2 amide bonds. The molecule has 1 saturated heterocycles. The number of anilines is 1. The maximum absolute atomic E-state index is 13.3. The largest absolute Gasteiger partial charge is 0.497 e. The van der Waals surface area contributed by atoms with Gasteiger partial charge in [-0.3, -0.25) is 9.59 Å². The fraction of sp³-hybridized carbons (Fsp3) is 0.364. The molecule has 1 N–H and O–H groups in total. The van der Waals surface area contributed by atoms with Crippen molar-refractivity contribution in [1.82, 2.24) is 4.90 Å². The second-order valence-electron chi connectivity index (χ2n) is 6.90. The molecule has 0 radical (unpaired) electrons. The van der Waals surface area contributed by atoms with Gasteiger partial charge in [0.1, 0.15) is 5.75 Å². The van der Waals surface area contributed by atoms with Crippen LogP contribution in [-0.4, -0.2) is 30.4 Å². The summed E-state index contributed by atoms with van der Waals surface area (Å²) in [6.45, 7) is 2.20. The summed E-state index contributed by atoms with van der Waals surface area (Å²) < 4.78 is 5.25. The normalized spacial score (nSPS) is 17.1. The number of hydrogen-bond donors (Lipinski definition) is 1. The van der Waals surface area contributed by atoms with Crippen LogP contribution in [0.3, 0.4) is 0 Å². The summed E-state index contributed by atoms with van der Waals surface area (Å²) in [6.07, 6.45) is 4.18. The average Bonchev–Trinajstić information content (AvgIpc) is 2.93. The van der Waals surface area contributed by atoms with Crippen molar-refractivity contribution in [3.63, 3.8) is 0 Å². The van der Waals surface area contributed by atoms with E-state index in [9.17, 15) is 9.59 Å². The number of likely N-dealkylation sites (tertiary alicyclic amines) is 1. The number of nitrogens with one attached hydrogen (secondary N) is 1. The molecule has 3 rings (SSSR count). The van der Waals surface area contributed by atoms with Crippen LogP contribution in [0.4, 0.5) is 5.69 Å². The number of hydrogen-bond acceptors (Lipinski definition) is 3. The van der Waals surface area contributed by atoms with Gasteiger partial charge in [-0.1, -0.05) is 31.0 Å². The Bertz CT molecular complexity index is 801. The molecule has 1 unspecified atom stereocenters. The van der Waals surface area contributed by atoms with Crippen LogP contribution >= 0.6 is 0 Å². The van der Waals surface area contributed by atoms with Crippen LogP contribution in [0.2, 0.25) is 0 Å². The van der Waals surface area contributed by atoms with Crippen molar-refractivity contribution in [2.75, 3.05) is 19.0 Å². The van der Waals surface area contributed by atoms with E-state index in [0.29, 0.717) is 11.3 Å². The SMILES string of the molecule is COc1ccc(C2CCCCCN2C(=O)c2cccc(NC(C)=O)c2)cc1. The first-order chi connectivity index (χ1) is 13.1. The number of methoxy groups -OCH3 is 1. The van der Waals surface area contributed by atoms with Gasteiger partial charge >= 0.3 is 0 Å². The molecule has 0 aromatic heterocycles. The number of carbonyl (C=O) groups is 2. The molecular formula is C22H26N2O3. The summed E-state index contributed by atoms with van der Waals surface area (Å²) in [5.74, 6) is 0.670. The van der Waals surface area contributed by atoms with Crippen molar-refractivity contribution >= 4 is 17.5 Å². The van der Waals surface area contributed by atoms with Crippen LogP contribution in [0.15, 0.2) is 48.5 Å². The molecular weight excluding hydrogens is 340 g/mol. The number of amides is 2. The molecule has 27 heavy (non-hydrogen) atoms. The van der Waals surface area contributed by atoms with E-state index in [1.807, 2.05) is 35.2 Å². The van der Waals surface area contributed by atoms with Gasteiger partial charge in [0.15, 0.2) is 0 Å². The third kappa shape index (κ3) is 4.67. The van der Waals surface area contributed by atoms with Crippen LogP contribution < -0.4 is 10.1 Å². The van der Waals surface area contributed by atoms with Gasteiger partial charge in [0.25, 0.3) is 5.91 Å². The molecule has 1 aliphatic heterocycles. The maximum atomic E-state index is 13.3. The molecule has 5 nitrogen and oxygen atoms in total. The molecule has 0 bridgehead atoms. The Kier molecular flexibility index (Phi) is 6.12. The average molecular weight is 366 g/mol. The van der Waals surface area contributed by atoms with E-state index in [4.69, 9.17) is 4.74 Å². The van der Waals surface area contributed by atoms with E-state index >= 15 is 0 Å². The first-order valence-electron chi connectivity index (χ1n) is 9.41. The smallest absolute Gasteiger partial charge is 0.254 e. The molecule has 0 spiro atoms. The molecule has 0 aliphatic carbocycles. The molecule has 2 aromatic carbocycles. The minimum atomic E-state index is -0.148.